The van der Waals surface area contributed by atoms with Gasteiger partial charge in [-0.25, -0.2) is 4.98 Å². The standard InChI is InChI=1S/C14H14F3N3/c1-9(18)5-6-13-19-8-12(20-13)10-3-2-4-11(7-10)14(15,16)17/h2-4,7-8,18H,5-6H2,1H3,(H,19,20). The highest BCUT2D eigenvalue weighted by Gasteiger charge is 2.30. The average Bonchev–Trinajstić information content (AvgIpc) is 2.84. The summed E-state index contributed by atoms with van der Waals surface area (Å²) in [4.78, 5) is 7.11. The topological polar surface area (TPSA) is 52.5 Å². The van der Waals surface area contributed by atoms with Gasteiger partial charge in [-0.15, -0.1) is 0 Å². The molecule has 0 radical (unpaired) electrons. The molecule has 0 atom stereocenters. The highest BCUT2D eigenvalue weighted by Crippen LogP contribution is 2.31. The van der Waals surface area contributed by atoms with Gasteiger partial charge in [0.15, 0.2) is 0 Å². The fourth-order valence-electron chi connectivity index (χ4n) is 1.81. The number of hydrogen-bond donors (Lipinski definition) is 2. The van der Waals surface area contributed by atoms with Gasteiger partial charge in [-0.1, -0.05) is 12.1 Å². The lowest BCUT2D eigenvalue weighted by Crippen LogP contribution is -2.04. The maximum Gasteiger partial charge on any atom is 0.416 e. The second-order valence-electron chi connectivity index (χ2n) is 4.60. The largest absolute Gasteiger partial charge is 0.416 e. The molecule has 1 aromatic carbocycles. The number of rotatable bonds is 4. The number of halogens is 3. The lowest BCUT2D eigenvalue weighted by atomic mass is 10.1. The second kappa shape index (κ2) is 5.48. The maximum atomic E-state index is 12.6. The fourth-order valence-corrected chi connectivity index (χ4v) is 1.81. The Balaban J connectivity index is 2.22. The number of aromatic amines is 1. The Bertz CT molecular complexity index is 614. The quantitative estimate of drug-likeness (QED) is 0.815. The van der Waals surface area contributed by atoms with Gasteiger partial charge in [-0.05, 0) is 25.5 Å². The molecule has 2 N–H and O–H groups in total. The monoisotopic (exact) mass is 281 g/mol. The van der Waals surface area contributed by atoms with E-state index in [0.29, 0.717) is 35.6 Å². The molecule has 0 amide bonds. The molecule has 0 aliphatic rings. The van der Waals surface area contributed by atoms with Crippen molar-refractivity contribution in [2.75, 3.05) is 0 Å². The van der Waals surface area contributed by atoms with Crippen LogP contribution in [-0.4, -0.2) is 15.7 Å². The number of aryl methyl sites for hydroxylation is 1. The predicted octanol–water partition coefficient (Wildman–Crippen LogP) is 4.07. The molecule has 0 saturated carbocycles. The van der Waals surface area contributed by atoms with Gasteiger partial charge in [0.05, 0.1) is 17.5 Å². The predicted molar refractivity (Wildman–Crippen MR) is 70.7 cm³/mol. The van der Waals surface area contributed by atoms with E-state index in [1.807, 2.05) is 0 Å². The Morgan fingerprint density at radius 3 is 2.75 bits per heavy atom. The number of nitrogens with one attached hydrogen (secondary N) is 2. The molecule has 1 heterocycles. The molecule has 0 unspecified atom stereocenters. The van der Waals surface area contributed by atoms with Gasteiger partial charge in [0, 0.05) is 17.7 Å². The Labute approximate surface area is 114 Å². The van der Waals surface area contributed by atoms with Gasteiger partial charge in [0.1, 0.15) is 5.82 Å². The van der Waals surface area contributed by atoms with E-state index in [4.69, 9.17) is 5.41 Å². The Morgan fingerprint density at radius 1 is 1.35 bits per heavy atom. The first-order valence-electron chi connectivity index (χ1n) is 6.12. The van der Waals surface area contributed by atoms with Crippen molar-refractivity contribution in [3.63, 3.8) is 0 Å². The molecule has 0 saturated heterocycles. The molecule has 0 spiro atoms. The molecule has 2 aromatic rings. The first-order valence-corrected chi connectivity index (χ1v) is 6.12. The third-order valence-corrected chi connectivity index (χ3v) is 2.87. The van der Waals surface area contributed by atoms with Gasteiger partial charge in [-0.2, -0.15) is 13.2 Å². The van der Waals surface area contributed by atoms with E-state index in [0.717, 1.165) is 12.1 Å². The van der Waals surface area contributed by atoms with Crippen molar-refractivity contribution in [1.29, 1.82) is 5.41 Å². The van der Waals surface area contributed by atoms with Crippen molar-refractivity contribution in [3.05, 3.63) is 41.9 Å². The number of H-pyrrole nitrogens is 1. The number of aromatic nitrogens is 2. The van der Waals surface area contributed by atoms with Crippen LogP contribution in [-0.2, 0) is 12.6 Å². The third-order valence-electron chi connectivity index (χ3n) is 2.87. The summed E-state index contributed by atoms with van der Waals surface area (Å²) >= 11 is 0. The molecule has 20 heavy (non-hydrogen) atoms. The minimum absolute atomic E-state index is 0.449. The van der Waals surface area contributed by atoms with Gasteiger partial charge >= 0.3 is 6.18 Å². The van der Waals surface area contributed by atoms with Crippen LogP contribution in [0.1, 0.15) is 24.7 Å². The van der Waals surface area contributed by atoms with Crippen molar-refractivity contribution < 1.29 is 13.2 Å². The zero-order valence-corrected chi connectivity index (χ0v) is 10.9. The summed E-state index contributed by atoms with van der Waals surface area (Å²) in [5.41, 5.74) is 0.863. The SMILES string of the molecule is CC(=N)CCc1ncc(-c2cccc(C(F)(F)F)c2)[nH]1. The molecule has 0 aliphatic heterocycles. The lowest BCUT2D eigenvalue weighted by molar-refractivity contribution is -0.137. The first kappa shape index (κ1) is 14.3. The highest BCUT2D eigenvalue weighted by atomic mass is 19.4. The summed E-state index contributed by atoms with van der Waals surface area (Å²) in [6.07, 6.45) is -1.68. The number of benzene rings is 1. The van der Waals surface area contributed by atoms with E-state index < -0.39 is 11.7 Å². The number of hydrogen-bond acceptors (Lipinski definition) is 2. The summed E-state index contributed by atoms with van der Waals surface area (Å²) in [7, 11) is 0. The third kappa shape index (κ3) is 3.46. The van der Waals surface area contributed by atoms with Crippen LogP contribution in [0, 0.1) is 5.41 Å². The summed E-state index contributed by atoms with van der Waals surface area (Å²) in [5.74, 6) is 0.670. The van der Waals surface area contributed by atoms with E-state index in [1.165, 1.54) is 12.3 Å². The van der Waals surface area contributed by atoms with Crippen LogP contribution >= 0.6 is 0 Å². The van der Waals surface area contributed by atoms with Gasteiger partial charge < -0.3 is 10.4 Å². The van der Waals surface area contributed by atoms with Crippen LogP contribution in [0.5, 0.6) is 0 Å². The van der Waals surface area contributed by atoms with E-state index in [1.54, 1.807) is 13.0 Å². The molecule has 0 aliphatic carbocycles. The molecular weight excluding hydrogens is 267 g/mol. The molecule has 6 heteroatoms. The average molecular weight is 281 g/mol. The molecule has 3 nitrogen and oxygen atoms in total. The smallest absolute Gasteiger partial charge is 0.342 e. The Hall–Kier alpha value is -2.11. The van der Waals surface area contributed by atoms with Crippen molar-refractivity contribution in [2.24, 2.45) is 0 Å². The van der Waals surface area contributed by atoms with Crippen LogP contribution in [0.3, 0.4) is 0 Å². The van der Waals surface area contributed by atoms with Crippen molar-refractivity contribution in [1.82, 2.24) is 9.97 Å². The first-order chi connectivity index (χ1) is 9.36. The zero-order valence-electron chi connectivity index (χ0n) is 10.9. The van der Waals surface area contributed by atoms with E-state index in [9.17, 15) is 13.2 Å². The number of alkyl halides is 3. The van der Waals surface area contributed by atoms with Crippen molar-refractivity contribution in [3.8, 4) is 11.3 Å². The molecule has 0 bridgehead atoms. The minimum Gasteiger partial charge on any atom is -0.342 e. The zero-order chi connectivity index (χ0) is 14.8. The maximum absolute atomic E-state index is 12.6. The van der Waals surface area contributed by atoms with Gasteiger partial charge in [0.2, 0.25) is 0 Å². The molecule has 2 rings (SSSR count). The molecule has 106 valence electrons. The second-order valence-corrected chi connectivity index (χ2v) is 4.60. The molecular formula is C14H14F3N3. The Kier molecular flexibility index (Phi) is 3.92. The fraction of sp³-hybridized carbons (Fsp3) is 0.286. The van der Waals surface area contributed by atoms with Crippen molar-refractivity contribution in [2.45, 2.75) is 25.9 Å². The van der Waals surface area contributed by atoms with E-state index in [-0.39, 0.29) is 0 Å². The van der Waals surface area contributed by atoms with Crippen LogP contribution in [0.25, 0.3) is 11.3 Å². The van der Waals surface area contributed by atoms with Crippen LogP contribution in [0.15, 0.2) is 30.5 Å². The normalized spacial score (nSPS) is 11.6. The number of imidazole rings is 1. The summed E-state index contributed by atoms with van der Waals surface area (Å²) in [6, 6.07) is 5.12. The molecule has 1 aromatic heterocycles. The number of nitrogens with zero attached hydrogens (tertiary/aromatic N) is 1. The minimum atomic E-state index is -4.35. The summed E-state index contributed by atoms with van der Waals surface area (Å²) in [5, 5.41) is 7.34. The van der Waals surface area contributed by atoms with Crippen molar-refractivity contribution >= 4 is 5.71 Å². The van der Waals surface area contributed by atoms with Crippen LogP contribution < -0.4 is 0 Å². The van der Waals surface area contributed by atoms with E-state index >= 15 is 0 Å². The van der Waals surface area contributed by atoms with Gasteiger partial charge in [0.25, 0.3) is 0 Å². The molecule has 0 fully saturated rings. The van der Waals surface area contributed by atoms with Crippen LogP contribution in [0.2, 0.25) is 0 Å². The lowest BCUT2D eigenvalue weighted by Gasteiger charge is -2.07. The highest BCUT2D eigenvalue weighted by molar-refractivity contribution is 5.78. The summed E-state index contributed by atoms with van der Waals surface area (Å²) < 4.78 is 37.9. The summed E-state index contributed by atoms with van der Waals surface area (Å²) in [6.45, 7) is 1.71. The van der Waals surface area contributed by atoms with Crippen LogP contribution in [0.4, 0.5) is 13.2 Å². The van der Waals surface area contributed by atoms with Gasteiger partial charge in [-0.3, -0.25) is 0 Å². The Morgan fingerprint density at radius 2 is 2.10 bits per heavy atom. The van der Waals surface area contributed by atoms with E-state index in [2.05, 4.69) is 9.97 Å².